The lowest BCUT2D eigenvalue weighted by atomic mass is 10.1. The van der Waals surface area contributed by atoms with Crippen LogP contribution in [0.4, 0.5) is 10.7 Å². The molecule has 1 fully saturated rings. The highest BCUT2D eigenvalue weighted by molar-refractivity contribution is 5.97. The number of carboxylic acid groups (broad SMARTS) is 1. The fraction of sp³-hybridized carbons (Fsp3) is 0.286. The van der Waals surface area contributed by atoms with Crippen molar-refractivity contribution >= 4 is 28.9 Å². The smallest absolute Gasteiger partial charge is 0.407 e. The van der Waals surface area contributed by atoms with Crippen LogP contribution in [0.2, 0.25) is 0 Å². The van der Waals surface area contributed by atoms with Crippen molar-refractivity contribution in [3.8, 4) is 0 Å². The van der Waals surface area contributed by atoms with Gasteiger partial charge in [-0.25, -0.2) is 9.78 Å². The molecule has 0 aliphatic carbocycles. The van der Waals surface area contributed by atoms with E-state index < -0.39 is 6.09 Å². The lowest BCUT2D eigenvalue weighted by molar-refractivity contribution is 0.0973. The van der Waals surface area contributed by atoms with E-state index in [1.54, 1.807) is 0 Å². The topological polar surface area (TPSA) is 87.5 Å². The first kappa shape index (κ1) is 18.0. The number of anilines is 1. The van der Waals surface area contributed by atoms with Crippen LogP contribution in [-0.4, -0.2) is 50.6 Å². The summed E-state index contributed by atoms with van der Waals surface area (Å²) in [5, 5.41) is 12.5. The highest BCUT2D eigenvalue weighted by Crippen LogP contribution is 2.23. The number of hydrogen-bond acceptors (Lipinski definition) is 4. The lowest BCUT2D eigenvalue weighted by Crippen LogP contribution is -2.42. The van der Waals surface area contributed by atoms with Gasteiger partial charge < -0.3 is 19.9 Å². The number of imidazole rings is 1. The standard InChI is InChI=1S/C21H22N4O3/c26-19(15-6-2-1-3-7-15)14-25-18-9-5-4-8-17(18)23-20(25)22-16-10-12-24(13-11-16)21(27)28/h1-9,16H,10-14H2,(H,22,23)(H,27,28). The largest absolute Gasteiger partial charge is 0.465 e. The average molecular weight is 378 g/mol. The van der Waals surface area contributed by atoms with Crippen LogP contribution >= 0.6 is 0 Å². The number of carbonyl (C=O) groups excluding carboxylic acids is 1. The van der Waals surface area contributed by atoms with Gasteiger partial charge in [0.25, 0.3) is 0 Å². The maximum atomic E-state index is 12.8. The van der Waals surface area contributed by atoms with E-state index in [9.17, 15) is 9.59 Å². The zero-order valence-corrected chi connectivity index (χ0v) is 15.4. The lowest BCUT2D eigenvalue weighted by Gasteiger charge is -2.30. The van der Waals surface area contributed by atoms with E-state index in [-0.39, 0.29) is 18.4 Å². The molecule has 1 aliphatic rings. The van der Waals surface area contributed by atoms with Crippen LogP contribution in [0.15, 0.2) is 54.6 Å². The maximum absolute atomic E-state index is 12.8. The third-order valence-electron chi connectivity index (χ3n) is 5.15. The number of para-hydroxylation sites is 2. The number of carbonyl (C=O) groups is 2. The number of likely N-dealkylation sites (tertiary alicyclic amines) is 1. The predicted molar refractivity (Wildman–Crippen MR) is 107 cm³/mol. The Labute approximate surface area is 162 Å². The molecule has 2 aromatic carbocycles. The third kappa shape index (κ3) is 3.69. The van der Waals surface area contributed by atoms with E-state index in [0.717, 1.165) is 11.0 Å². The molecule has 1 aliphatic heterocycles. The second-order valence-corrected chi connectivity index (χ2v) is 6.99. The molecule has 7 nitrogen and oxygen atoms in total. The summed E-state index contributed by atoms with van der Waals surface area (Å²) >= 11 is 0. The van der Waals surface area contributed by atoms with Gasteiger partial charge in [-0.3, -0.25) is 4.79 Å². The van der Waals surface area contributed by atoms with Crippen molar-refractivity contribution in [3.63, 3.8) is 0 Å². The number of amides is 1. The molecule has 2 heterocycles. The molecular formula is C21H22N4O3. The Bertz CT molecular complexity index is 991. The van der Waals surface area contributed by atoms with Crippen LogP contribution in [-0.2, 0) is 6.54 Å². The van der Waals surface area contributed by atoms with Gasteiger partial charge >= 0.3 is 6.09 Å². The van der Waals surface area contributed by atoms with Crippen LogP contribution in [0.25, 0.3) is 11.0 Å². The molecule has 7 heteroatoms. The Balaban J connectivity index is 1.57. The molecule has 144 valence electrons. The average Bonchev–Trinajstić information content (AvgIpc) is 3.06. The van der Waals surface area contributed by atoms with Crippen molar-refractivity contribution in [2.45, 2.75) is 25.4 Å². The first-order valence-corrected chi connectivity index (χ1v) is 9.40. The van der Waals surface area contributed by atoms with Gasteiger partial charge in [0.05, 0.1) is 17.6 Å². The number of piperidine rings is 1. The molecule has 0 spiro atoms. The number of Topliss-reactive ketones (excluding diaryl/α,β-unsaturated/α-hetero) is 1. The van der Waals surface area contributed by atoms with Crippen molar-refractivity contribution in [3.05, 3.63) is 60.2 Å². The summed E-state index contributed by atoms with van der Waals surface area (Å²) in [4.78, 5) is 30.0. The number of benzene rings is 2. The van der Waals surface area contributed by atoms with E-state index >= 15 is 0 Å². The molecule has 2 N–H and O–H groups in total. The Morgan fingerprint density at radius 3 is 2.43 bits per heavy atom. The first-order chi connectivity index (χ1) is 13.6. The van der Waals surface area contributed by atoms with E-state index in [2.05, 4.69) is 10.3 Å². The number of aromatic nitrogens is 2. The summed E-state index contributed by atoms with van der Waals surface area (Å²) in [6.07, 6.45) is 0.545. The molecular weight excluding hydrogens is 356 g/mol. The normalized spacial score (nSPS) is 14.9. The molecule has 1 amide bonds. The molecule has 0 unspecified atom stereocenters. The zero-order chi connectivity index (χ0) is 19.5. The highest BCUT2D eigenvalue weighted by Gasteiger charge is 2.24. The monoisotopic (exact) mass is 378 g/mol. The fourth-order valence-electron chi connectivity index (χ4n) is 3.60. The molecule has 0 saturated carbocycles. The molecule has 0 atom stereocenters. The van der Waals surface area contributed by atoms with Crippen molar-refractivity contribution in [1.29, 1.82) is 0 Å². The number of rotatable bonds is 5. The van der Waals surface area contributed by atoms with Crippen LogP contribution in [0.3, 0.4) is 0 Å². The number of nitrogens with one attached hydrogen (secondary N) is 1. The van der Waals surface area contributed by atoms with Gasteiger partial charge in [-0.15, -0.1) is 0 Å². The van der Waals surface area contributed by atoms with Crippen LogP contribution in [0, 0.1) is 0 Å². The molecule has 28 heavy (non-hydrogen) atoms. The summed E-state index contributed by atoms with van der Waals surface area (Å²) in [7, 11) is 0. The van der Waals surface area contributed by atoms with E-state index in [4.69, 9.17) is 5.11 Å². The highest BCUT2D eigenvalue weighted by atomic mass is 16.4. The number of nitrogens with zero attached hydrogens (tertiary/aromatic N) is 3. The molecule has 4 rings (SSSR count). The van der Waals surface area contributed by atoms with Crippen molar-refractivity contribution < 1.29 is 14.7 Å². The van der Waals surface area contributed by atoms with Gasteiger partial charge in [-0.05, 0) is 25.0 Å². The third-order valence-corrected chi connectivity index (χ3v) is 5.15. The quantitative estimate of drug-likeness (QED) is 0.664. The summed E-state index contributed by atoms with van der Waals surface area (Å²) < 4.78 is 1.91. The second-order valence-electron chi connectivity index (χ2n) is 6.99. The molecule has 1 saturated heterocycles. The van der Waals surface area contributed by atoms with Gasteiger partial charge in [-0.1, -0.05) is 42.5 Å². The molecule has 1 aromatic heterocycles. The Morgan fingerprint density at radius 2 is 1.71 bits per heavy atom. The van der Waals surface area contributed by atoms with Crippen LogP contribution in [0.5, 0.6) is 0 Å². The van der Waals surface area contributed by atoms with Crippen molar-refractivity contribution in [2.24, 2.45) is 0 Å². The predicted octanol–water partition coefficient (Wildman–Crippen LogP) is 3.47. The van der Waals surface area contributed by atoms with Crippen molar-refractivity contribution in [2.75, 3.05) is 18.4 Å². The van der Waals surface area contributed by atoms with Gasteiger partial charge in [0.2, 0.25) is 5.95 Å². The fourth-order valence-corrected chi connectivity index (χ4v) is 3.60. The Kier molecular flexibility index (Phi) is 4.97. The maximum Gasteiger partial charge on any atom is 0.407 e. The summed E-state index contributed by atoms with van der Waals surface area (Å²) in [5.41, 5.74) is 2.40. The van der Waals surface area contributed by atoms with E-state index in [0.29, 0.717) is 37.4 Å². The van der Waals surface area contributed by atoms with Crippen LogP contribution in [0.1, 0.15) is 23.2 Å². The first-order valence-electron chi connectivity index (χ1n) is 9.40. The number of ketones is 1. The van der Waals surface area contributed by atoms with Gasteiger partial charge in [-0.2, -0.15) is 0 Å². The van der Waals surface area contributed by atoms with Gasteiger partial charge in [0, 0.05) is 24.7 Å². The summed E-state index contributed by atoms with van der Waals surface area (Å²) in [6.45, 7) is 1.19. The minimum absolute atomic E-state index is 0.0208. The van der Waals surface area contributed by atoms with Gasteiger partial charge in [0.15, 0.2) is 5.78 Å². The van der Waals surface area contributed by atoms with E-state index in [1.807, 2.05) is 59.2 Å². The summed E-state index contributed by atoms with van der Waals surface area (Å²) in [6, 6.07) is 17.1. The zero-order valence-electron chi connectivity index (χ0n) is 15.4. The minimum atomic E-state index is -0.876. The number of hydrogen-bond donors (Lipinski definition) is 2. The second kappa shape index (κ2) is 7.72. The van der Waals surface area contributed by atoms with Crippen molar-refractivity contribution in [1.82, 2.24) is 14.5 Å². The minimum Gasteiger partial charge on any atom is -0.465 e. The van der Waals surface area contributed by atoms with Gasteiger partial charge in [0.1, 0.15) is 0 Å². The molecule has 0 bridgehead atoms. The SMILES string of the molecule is O=C(Cn1c(NC2CCN(C(=O)O)CC2)nc2ccccc21)c1ccccc1. The number of fused-ring (bicyclic) bond motifs is 1. The van der Waals surface area contributed by atoms with Crippen LogP contribution < -0.4 is 5.32 Å². The molecule has 0 radical (unpaired) electrons. The van der Waals surface area contributed by atoms with E-state index in [1.165, 1.54) is 4.90 Å². The Morgan fingerprint density at radius 1 is 1.04 bits per heavy atom. The molecule has 3 aromatic rings. The Hall–Kier alpha value is -3.35. The summed E-state index contributed by atoms with van der Waals surface area (Å²) in [5.74, 6) is 0.673.